The lowest BCUT2D eigenvalue weighted by Crippen LogP contribution is -2.35. The quantitative estimate of drug-likeness (QED) is 0.561. The Bertz CT molecular complexity index is 807. The predicted octanol–water partition coefficient (Wildman–Crippen LogP) is 5.68. The van der Waals surface area contributed by atoms with Crippen molar-refractivity contribution in [1.82, 2.24) is 0 Å². The first kappa shape index (κ1) is 15.9. The van der Waals surface area contributed by atoms with Gasteiger partial charge in [0.05, 0.1) is 18.2 Å². The maximum atomic E-state index is 5.53. The molecule has 4 rings (SSSR count). The third-order valence-corrected chi connectivity index (χ3v) is 5.86. The molecule has 3 aromatic rings. The molecule has 1 aliphatic heterocycles. The lowest BCUT2D eigenvalue weighted by Gasteiger charge is -2.29. The number of nitrogens with zero attached hydrogens (tertiary/aromatic N) is 1. The van der Waals surface area contributed by atoms with Crippen molar-refractivity contribution in [3.05, 3.63) is 64.5 Å². The van der Waals surface area contributed by atoms with Gasteiger partial charge in [0.2, 0.25) is 0 Å². The molecule has 1 aliphatic rings. The van der Waals surface area contributed by atoms with Crippen LogP contribution in [0.15, 0.2) is 64.5 Å². The van der Waals surface area contributed by atoms with Gasteiger partial charge in [-0.3, -0.25) is 0 Å². The molecule has 1 aromatic heterocycles. The van der Waals surface area contributed by atoms with E-state index in [4.69, 9.17) is 4.74 Å². The molecule has 0 amide bonds. The zero-order valence-electron chi connectivity index (χ0n) is 13.2. The average Bonchev–Trinajstić information content (AvgIpc) is 3.09. The highest BCUT2D eigenvalue weighted by Crippen LogP contribution is 2.45. The molecule has 4 heteroatoms. The molecule has 2 nitrogen and oxygen atoms in total. The highest BCUT2D eigenvalue weighted by atomic mass is 79.9. The molecular weight excluding hydrogens is 382 g/mol. The van der Waals surface area contributed by atoms with Crippen LogP contribution < -0.4 is 4.90 Å². The fraction of sp³-hybridized carbons (Fsp3) is 0.200. The van der Waals surface area contributed by atoms with Crippen LogP contribution in [0.25, 0.3) is 22.3 Å². The zero-order chi connectivity index (χ0) is 16.4. The van der Waals surface area contributed by atoms with Gasteiger partial charge < -0.3 is 9.64 Å². The Hall–Kier alpha value is -1.62. The molecule has 0 radical (unpaired) electrons. The molecule has 0 spiro atoms. The fourth-order valence-corrected chi connectivity index (χ4v) is 4.50. The summed E-state index contributed by atoms with van der Waals surface area (Å²) in [7, 11) is 0. The molecule has 0 atom stereocenters. The molecule has 2 aromatic carbocycles. The first-order valence-electron chi connectivity index (χ1n) is 8.08. The van der Waals surface area contributed by atoms with Crippen molar-refractivity contribution < 1.29 is 4.74 Å². The van der Waals surface area contributed by atoms with E-state index < -0.39 is 0 Å². The van der Waals surface area contributed by atoms with Crippen LogP contribution in [0.1, 0.15) is 0 Å². The van der Waals surface area contributed by atoms with E-state index in [1.54, 1.807) is 0 Å². The largest absolute Gasteiger partial charge is 0.378 e. The summed E-state index contributed by atoms with van der Waals surface area (Å²) < 4.78 is 6.64. The summed E-state index contributed by atoms with van der Waals surface area (Å²) in [5.41, 5.74) is 5.18. The van der Waals surface area contributed by atoms with Gasteiger partial charge in [-0.15, -0.1) is 11.3 Å². The van der Waals surface area contributed by atoms with Gasteiger partial charge in [-0.05, 0) is 23.3 Å². The molecule has 0 N–H and O–H groups in total. The summed E-state index contributed by atoms with van der Waals surface area (Å²) in [6, 6.07) is 19.3. The number of hydrogen-bond acceptors (Lipinski definition) is 3. The molecular formula is C20H18BrNOS. The highest BCUT2D eigenvalue weighted by molar-refractivity contribution is 9.10. The van der Waals surface area contributed by atoms with Crippen LogP contribution in [0.2, 0.25) is 0 Å². The maximum absolute atomic E-state index is 5.53. The lowest BCUT2D eigenvalue weighted by molar-refractivity contribution is 0.123. The average molecular weight is 400 g/mol. The highest BCUT2D eigenvalue weighted by Gasteiger charge is 2.21. The Balaban J connectivity index is 1.84. The molecule has 0 saturated carbocycles. The van der Waals surface area contributed by atoms with Crippen molar-refractivity contribution in [2.24, 2.45) is 0 Å². The number of anilines is 1. The Morgan fingerprint density at radius 2 is 1.58 bits per heavy atom. The van der Waals surface area contributed by atoms with Crippen molar-refractivity contribution in [3.63, 3.8) is 0 Å². The Morgan fingerprint density at radius 1 is 0.875 bits per heavy atom. The minimum Gasteiger partial charge on any atom is -0.378 e. The summed E-state index contributed by atoms with van der Waals surface area (Å²) in [4.78, 5) is 2.46. The van der Waals surface area contributed by atoms with E-state index >= 15 is 0 Å². The number of morpholine rings is 1. The molecule has 0 aliphatic carbocycles. The second kappa shape index (κ2) is 7.09. The fourth-order valence-electron chi connectivity index (χ4n) is 3.07. The van der Waals surface area contributed by atoms with Gasteiger partial charge in [-0.2, -0.15) is 0 Å². The first-order chi connectivity index (χ1) is 11.8. The Morgan fingerprint density at radius 3 is 2.29 bits per heavy atom. The predicted molar refractivity (Wildman–Crippen MR) is 106 cm³/mol. The zero-order valence-corrected chi connectivity index (χ0v) is 15.6. The molecule has 0 unspecified atom stereocenters. The third kappa shape index (κ3) is 3.14. The van der Waals surface area contributed by atoms with Crippen molar-refractivity contribution in [1.29, 1.82) is 0 Å². The van der Waals surface area contributed by atoms with Gasteiger partial charge >= 0.3 is 0 Å². The maximum Gasteiger partial charge on any atom is 0.0996 e. The smallest absolute Gasteiger partial charge is 0.0996 e. The SMILES string of the molecule is Brc1ccc(-c2csc(N3CCOCC3)c2-c2ccccc2)cc1. The number of rotatable bonds is 3. The number of thiophene rings is 1. The van der Waals surface area contributed by atoms with E-state index in [-0.39, 0.29) is 0 Å². The van der Waals surface area contributed by atoms with E-state index in [2.05, 4.69) is 80.8 Å². The van der Waals surface area contributed by atoms with Crippen molar-refractivity contribution in [2.75, 3.05) is 31.2 Å². The van der Waals surface area contributed by atoms with Crippen molar-refractivity contribution >= 4 is 32.3 Å². The molecule has 0 bridgehead atoms. The van der Waals surface area contributed by atoms with E-state index in [1.165, 1.54) is 27.3 Å². The third-order valence-electron chi connectivity index (χ3n) is 4.29. The topological polar surface area (TPSA) is 12.5 Å². The Labute approximate surface area is 154 Å². The van der Waals surface area contributed by atoms with Crippen LogP contribution >= 0.6 is 27.3 Å². The molecule has 1 saturated heterocycles. The van der Waals surface area contributed by atoms with Crippen LogP contribution in [0.5, 0.6) is 0 Å². The molecule has 1 fully saturated rings. The monoisotopic (exact) mass is 399 g/mol. The minimum atomic E-state index is 0.805. The Kier molecular flexibility index (Phi) is 4.69. The second-order valence-electron chi connectivity index (χ2n) is 5.80. The number of benzene rings is 2. The van der Waals surface area contributed by atoms with Crippen LogP contribution in [0.3, 0.4) is 0 Å². The normalized spacial score (nSPS) is 14.8. The van der Waals surface area contributed by atoms with Crippen LogP contribution in [-0.4, -0.2) is 26.3 Å². The van der Waals surface area contributed by atoms with Crippen molar-refractivity contribution in [2.45, 2.75) is 0 Å². The van der Waals surface area contributed by atoms with Gasteiger partial charge in [0.15, 0.2) is 0 Å². The minimum absolute atomic E-state index is 0.805. The summed E-state index contributed by atoms with van der Waals surface area (Å²) in [5, 5.41) is 3.64. The van der Waals surface area contributed by atoms with Gasteiger partial charge in [-0.1, -0.05) is 58.4 Å². The van der Waals surface area contributed by atoms with Gasteiger partial charge in [0, 0.05) is 34.1 Å². The second-order valence-corrected chi connectivity index (χ2v) is 7.58. The van der Waals surface area contributed by atoms with Gasteiger partial charge in [0.1, 0.15) is 0 Å². The van der Waals surface area contributed by atoms with Crippen LogP contribution in [0.4, 0.5) is 5.00 Å². The number of hydrogen-bond donors (Lipinski definition) is 0. The summed E-state index contributed by atoms with van der Waals surface area (Å²) in [6.07, 6.45) is 0. The van der Waals surface area contributed by atoms with E-state index in [1.807, 2.05) is 11.3 Å². The lowest BCUT2D eigenvalue weighted by atomic mass is 9.98. The van der Waals surface area contributed by atoms with Crippen LogP contribution in [-0.2, 0) is 4.74 Å². The molecule has 2 heterocycles. The summed E-state index contributed by atoms with van der Waals surface area (Å²) in [6.45, 7) is 3.53. The molecule has 24 heavy (non-hydrogen) atoms. The van der Waals surface area contributed by atoms with Crippen molar-refractivity contribution in [3.8, 4) is 22.3 Å². The number of halogens is 1. The molecule has 122 valence electrons. The summed E-state index contributed by atoms with van der Waals surface area (Å²) in [5.74, 6) is 0. The van der Waals surface area contributed by atoms with Gasteiger partial charge in [-0.25, -0.2) is 0 Å². The summed E-state index contributed by atoms with van der Waals surface area (Å²) >= 11 is 5.36. The van der Waals surface area contributed by atoms with E-state index in [9.17, 15) is 0 Å². The first-order valence-corrected chi connectivity index (χ1v) is 9.76. The number of ether oxygens (including phenoxy) is 1. The van der Waals surface area contributed by atoms with Gasteiger partial charge in [0.25, 0.3) is 0 Å². The van der Waals surface area contributed by atoms with Crippen LogP contribution in [0, 0.1) is 0 Å². The standard InChI is InChI=1S/C20H18BrNOS/c21-17-8-6-15(7-9-17)18-14-24-20(22-10-12-23-13-11-22)19(18)16-4-2-1-3-5-16/h1-9,14H,10-13H2. The van der Waals surface area contributed by atoms with E-state index in [0.29, 0.717) is 0 Å². The van der Waals surface area contributed by atoms with E-state index in [0.717, 1.165) is 30.8 Å².